The van der Waals surface area contributed by atoms with E-state index in [0.717, 1.165) is 6.20 Å². The van der Waals surface area contributed by atoms with Crippen LogP contribution in [0, 0.1) is 0 Å². The van der Waals surface area contributed by atoms with E-state index in [9.17, 15) is 9.18 Å². The number of aliphatic hydroxyl groups is 1. The molecule has 1 unspecified atom stereocenters. The summed E-state index contributed by atoms with van der Waals surface area (Å²) >= 11 is 1.34. The van der Waals surface area contributed by atoms with E-state index in [0.29, 0.717) is 6.42 Å². The third-order valence-electron chi connectivity index (χ3n) is 1.92. The molecular weight excluding hydrogens is 245 g/mol. The maximum Gasteiger partial charge on any atom is 0.261 e. The largest absolute Gasteiger partial charge is 0.395 e. The van der Waals surface area contributed by atoms with Crippen molar-refractivity contribution in [3.63, 3.8) is 0 Å². The Kier molecular flexibility index (Phi) is 5.71. The van der Waals surface area contributed by atoms with Crippen LogP contribution in [0.5, 0.6) is 0 Å². The highest BCUT2D eigenvalue weighted by Gasteiger charge is 2.20. The first-order valence-electron chi connectivity index (χ1n) is 5.04. The number of nitrogens with one attached hydrogen (secondary N) is 1. The van der Waals surface area contributed by atoms with Gasteiger partial charge in [0, 0.05) is 12.7 Å². The second kappa shape index (κ2) is 7.08. The minimum atomic E-state index is -0.817. The molecule has 5 nitrogen and oxygen atoms in total. The molecule has 0 aromatic carbocycles. The lowest BCUT2D eigenvalue weighted by molar-refractivity contribution is -0.117. The lowest BCUT2D eigenvalue weighted by atomic mass is 10.3. The Morgan fingerprint density at radius 1 is 1.76 bits per heavy atom. The number of amidine groups is 1. The molecule has 4 N–H and O–H groups in total. The summed E-state index contributed by atoms with van der Waals surface area (Å²) in [7, 11) is 0. The van der Waals surface area contributed by atoms with Crippen molar-refractivity contribution in [1.29, 1.82) is 0 Å². The number of hydrogen-bond donors (Lipinski definition) is 3. The molecule has 0 saturated carbocycles. The minimum Gasteiger partial charge on any atom is -0.395 e. The van der Waals surface area contributed by atoms with Gasteiger partial charge in [0.1, 0.15) is 0 Å². The van der Waals surface area contributed by atoms with E-state index in [1.165, 1.54) is 11.8 Å². The van der Waals surface area contributed by atoms with Crippen molar-refractivity contribution < 1.29 is 14.3 Å². The van der Waals surface area contributed by atoms with Gasteiger partial charge in [0.2, 0.25) is 0 Å². The Balaban J connectivity index is 2.52. The quantitative estimate of drug-likeness (QED) is 0.375. The molecule has 0 saturated heterocycles. The van der Waals surface area contributed by atoms with Crippen LogP contribution in [0.2, 0.25) is 0 Å². The molecule has 1 rings (SSSR count). The standard InChI is InChI=1S/C10H14FN3O2S/c11-7(6-13-3-4-15)9(12)14-10(16)8-2-1-5-17-8/h1,5-6,8,13,15H,2-4H2,(H2,12,14,16)/b7-6+. The van der Waals surface area contributed by atoms with E-state index >= 15 is 0 Å². The molecule has 0 aliphatic carbocycles. The van der Waals surface area contributed by atoms with E-state index in [1.807, 2.05) is 11.5 Å². The minimum absolute atomic E-state index is 0.121. The Hall–Kier alpha value is -1.34. The zero-order valence-corrected chi connectivity index (χ0v) is 9.91. The molecule has 94 valence electrons. The molecule has 17 heavy (non-hydrogen) atoms. The van der Waals surface area contributed by atoms with Gasteiger partial charge < -0.3 is 16.2 Å². The number of aliphatic hydroxyl groups excluding tert-OH is 1. The number of hydrogen-bond acceptors (Lipinski definition) is 4. The third-order valence-corrected chi connectivity index (χ3v) is 3.00. The molecule has 1 atom stereocenters. The smallest absolute Gasteiger partial charge is 0.261 e. The monoisotopic (exact) mass is 259 g/mol. The molecule has 1 aliphatic rings. The first-order chi connectivity index (χ1) is 8.15. The van der Waals surface area contributed by atoms with Crippen molar-refractivity contribution in [3.8, 4) is 0 Å². The first-order valence-corrected chi connectivity index (χ1v) is 5.98. The zero-order valence-electron chi connectivity index (χ0n) is 9.10. The van der Waals surface area contributed by atoms with Gasteiger partial charge in [0.15, 0.2) is 11.7 Å². The molecule has 0 aromatic heterocycles. The number of aliphatic imine (C=N–C) groups is 1. The average molecular weight is 259 g/mol. The molecule has 0 aromatic rings. The van der Waals surface area contributed by atoms with Crippen molar-refractivity contribution in [2.75, 3.05) is 13.2 Å². The first kappa shape index (κ1) is 13.7. The van der Waals surface area contributed by atoms with Crippen LogP contribution in [0.3, 0.4) is 0 Å². The predicted octanol–water partition coefficient (Wildman–Crippen LogP) is 0.282. The van der Waals surface area contributed by atoms with Gasteiger partial charge in [-0.1, -0.05) is 6.08 Å². The third kappa shape index (κ3) is 4.58. The highest BCUT2D eigenvalue weighted by Crippen LogP contribution is 2.24. The van der Waals surface area contributed by atoms with Crippen molar-refractivity contribution in [2.45, 2.75) is 11.7 Å². The van der Waals surface area contributed by atoms with Crippen molar-refractivity contribution in [1.82, 2.24) is 5.32 Å². The molecule has 0 fully saturated rings. The summed E-state index contributed by atoms with van der Waals surface area (Å²) in [6.07, 6.45) is 3.42. The van der Waals surface area contributed by atoms with Gasteiger partial charge in [-0.3, -0.25) is 4.79 Å². The molecular formula is C10H14FN3O2S. The Bertz CT molecular complexity index is 361. The topological polar surface area (TPSA) is 87.7 Å². The number of rotatable bonds is 5. The van der Waals surface area contributed by atoms with Crippen molar-refractivity contribution >= 4 is 23.5 Å². The highest BCUT2D eigenvalue weighted by atomic mass is 32.2. The Labute approximate surface area is 103 Å². The van der Waals surface area contributed by atoms with E-state index < -0.39 is 17.6 Å². The molecule has 1 amide bonds. The summed E-state index contributed by atoms with van der Waals surface area (Å²) in [6.45, 7) is 0.0845. The average Bonchev–Trinajstić information content (AvgIpc) is 2.82. The lowest BCUT2D eigenvalue weighted by Gasteiger charge is -2.03. The van der Waals surface area contributed by atoms with Gasteiger partial charge in [-0.15, -0.1) is 11.8 Å². The highest BCUT2D eigenvalue weighted by molar-refractivity contribution is 8.03. The van der Waals surface area contributed by atoms with Gasteiger partial charge in [-0.05, 0) is 11.8 Å². The second-order valence-electron chi connectivity index (χ2n) is 3.24. The fraction of sp³-hybridized carbons (Fsp3) is 0.400. The maximum atomic E-state index is 13.3. The summed E-state index contributed by atoms with van der Waals surface area (Å²) < 4.78 is 13.3. The molecule has 1 heterocycles. The van der Waals surface area contributed by atoms with Gasteiger partial charge in [0.25, 0.3) is 5.91 Å². The molecule has 0 spiro atoms. The molecule has 1 aliphatic heterocycles. The van der Waals surface area contributed by atoms with E-state index in [-0.39, 0.29) is 18.4 Å². The molecule has 7 heteroatoms. The van der Waals surface area contributed by atoms with Gasteiger partial charge >= 0.3 is 0 Å². The lowest BCUT2D eigenvalue weighted by Crippen LogP contribution is -2.21. The summed E-state index contributed by atoms with van der Waals surface area (Å²) in [6, 6.07) is 0. The normalized spacial score (nSPS) is 20.7. The maximum absolute atomic E-state index is 13.3. The second-order valence-corrected chi connectivity index (χ2v) is 4.35. The SMILES string of the molecule is NC(=NC(=O)C1CC=CS1)/C(F)=C\NCCO. The summed E-state index contributed by atoms with van der Waals surface area (Å²) in [5.41, 5.74) is 5.32. The molecule has 0 bridgehead atoms. The number of amides is 1. The van der Waals surface area contributed by atoms with E-state index in [2.05, 4.69) is 10.3 Å². The summed E-state index contributed by atoms with van der Waals surface area (Å²) in [4.78, 5) is 15.0. The van der Waals surface area contributed by atoms with E-state index in [1.54, 1.807) is 0 Å². The number of thioether (sulfide) groups is 1. The summed E-state index contributed by atoms with van der Waals surface area (Å²) in [5.74, 6) is -1.71. The number of carbonyl (C=O) groups is 1. The zero-order chi connectivity index (χ0) is 12.7. The number of allylic oxidation sites excluding steroid dienone is 1. The van der Waals surface area contributed by atoms with Gasteiger partial charge in [-0.2, -0.15) is 4.99 Å². The number of carbonyl (C=O) groups excluding carboxylic acids is 1. The number of nitrogens with two attached hydrogens (primary N) is 1. The van der Waals surface area contributed by atoms with Crippen LogP contribution in [0.4, 0.5) is 4.39 Å². The predicted molar refractivity (Wildman–Crippen MR) is 66.0 cm³/mol. The van der Waals surface area contributed by atoms with Crippen LogP contribution >= 0.6 is 11.8 Å². The van der Waals surface area contributed by atoms with Crippen molar-refractivity contribution in [2.24, 2.45) is 10.7 Å². The number of nitrogens with zero attached hydrogens (tertiary/aromatic N) is 1. The molecule has 0 radical (unpaired) electrons. The van der Waals surface area contributed by atoms with Crippen molar-refractivity contribution in [3.05, 3.63) is 23.5 Å². The summed E-state index contributed by atoms with van der Waals surface area (Å²) in [5, 5.41) is 12.5. The van der Waals surface area contributed by atoms with Crippen LogP contribution in [0.25, 0.3) is 0 Å². The number of halogens is 1. The fourth-order valence-electron chi connectivity index (χ4n) is 1.09. The fourth-order valence-corrected chi connectivity index (χ4v) is 1.89. The van der Waals surface area contributed by atoms with E-state index in [4.69, 9.17) is 10.8 Å². The van der Waals surface area contributed by atoms with Crippen LogP contribution in [0.1, 0.15) is 6.42 Å². The Morgan fingerprint density at radius 3 is 3.12 bits per heavy atom. The van der Waals surface area contributed by atoms with Crippen LogP contribution in [-0.2, 0) is 4.79 Å². The van der Waals surface area contributed by atoms with Crippen LogP contribution in [0.15, 0.2) is 28.5 Å². The van der Waals surface area contributed by atoms with Gasteiger partial charge in [-0.25, -0.2) is 4.39 Å². The van der Waals surface area contributed by atoms with Crippen LogP contribution < -0.4 is 11.1 Å². The van der Waals surface area contributed by atoms with Gasteiger partial charge in [0.05, 0.1) is 11.9 Å². The Morgan fingerprint density at radius 2 is 2.53 bits per heavy atom. The van der Waals surface area contributed by atoms with Crippen LogP contribution in [-0.4, -0.2) is 35.3 Å².